The summed E-state index contributed by atoms with van der Waals surface area (Å²) in [5.41, 5.74) is 8.59. The molecule has 234 valence electrons. The number of rotatable bonds is 4. The molecule has 0 nitrogen and oxygen atoms in total. The average molecular weight is 763 g/mol. The van der Waals surface area contributed by atoms with Gasteiger partial charge in [-0.15, -0.1) is 23.2 Å². The first-order valence-electron chi connectivity index (χ1n) is 14.1. The molecule has 46 heavy (non-hydrogen) atoms. The zero-order valence-corrected chi connectivity index (χ0v) is 30.1. The van der Waals surface area contributed by atoms with Gasteiger partial charge < -0.3 is 0 Å². The van der Waals surface area contributed by atoms with Crippen LogP contribution in [0, 0.1) is 0 Å². The maximum absolute atomic E-state index is 13.3. The number of benzene rings is 4. The Morgan fingerprint density at radius 1 is 0.522 bits per heavy atom. The monoisotopic (exact) mass is 760 g/mol. The van der Waals surface area contributed by atoms with Gasteiger partial charge in [0.2, 0.25) is 0 Å². The molecule has 0 saturated heterocycles. The molecule has 10 heteroatoms. The molecule has 0 saturated carbocycles. The van der Waals surface area contributed by atoms with Gasteiger partial charge in [0, 0.05) is 26.2 Å². The second-order valence-corrected chi connectivity index (χ2v) is 15.1. The number of hydrogen-bond donors (Lipinski definition) is 0. The molecule has 0 aliphatic heterocycles. The van der Waals surface area contributed by atoms with E-state index in [4.69, 9.17) is 23.2 Å². The second-order valence-electron chi connectivity index (χ2n) is 11.5. The Labute approximate surface area is 295 Å². The van der Waals surface area contributed by atoms with Gasteiger partial charge >= 0.3 is 12.4 Å². The standard InChI is InChI=1S/C36H26Cl2F6Si.Zr/c1-19-21(3)33(37,29-9-5-7-27(31(19)29)23-11-15-25(16-12-23)35(39,40)41)45-34(38)22(4)20(2)32-28(8-6-10-30(32)34)24-13-17-26(18-14-24)36(42,43)44;/h5-18H,1-4H3;. The van der Waals surface area contributed by atoms with Crippen LogP contribution in [0.4, 0.5) is 26.3 Å². The van der Waals surface area contributed by atoms with E-state index in [1.807, 2.05) is 64.1 Å². The van der Waals surface area contributed by atoms with Crippen molar-refractivity contribution in [3.8, 4) is 22.3 Å². The van der Waals surface area contributed by atoms with Crippen molar-refractivity contribution in [2.24, 2.45) is 0 Å². The third kappa shape index (κ3) is 5.51. The Morgan fingerprint density at radius 2 is 0.848 bits per heavy atom. The van der Waals surface area contributed by atoms with E-state index < -0.39 is 32.5 Å². The SMILES string of the molecule is CC1=C(C)C(Cl)([Si]C2(Cl)C(C)=C(C)c3c(-c4ccc(C(F)(F)F)cc4)cccc32)c2cccc(-c3ccc(C(F)(F)F)cc3)c21.[Zr]. The van der Waals surface area contributed by atoms with Gasteiger partial charge in [0.1, 0.15) is 9.52 Å². The largest absolute Gasteiger partial charge is 0.416 e. The summed E-state index contributed by atoms with van der Waals surface area (Å²) < 4.78 is 77.5. The van der Waals surface area contributed by atoms with Crippen LogP contribution in [0.25, 0.3) is 33.4 Å². The van der Waals surface area contributed by atoms with Gasteiger partial charge in [-0.25, -0.2) is 0 Å². The summed E-state index contributed by atoms with van der Waals surface area (Å²) in [6, 6.07) is 21.6. The number of halogens is 8. The third-order valence-electron chi connectivity index (χ3n) is 9.17. The average Bonchev–Trinajstić information content (AvgIpc) is 3.31. The van der Waals surface area contributed by atoms with Crippen LogP contribution in [0.3, 0.4) is 0 Å². The van der Waals surface area contributed by atoms with Crippen molar-refractivity contribution in [1.82, 2.24) is 0 Å². The maximum atomic E-state index is 13.3. The van der Waals surface area contributed by atoms with Crippen LogP contribution in [-0.4, -0.2) is 9.52 Å². The van der Waals surface area contributed by atoms with Gasteiger partial charge in [-0.05, 0) is 119 Å². The number of alkyl halides is 8. The summed E-state index contributed by atoms with van der Waals surface area (Å²) >= 11 is 15.3. The van der Waals surface area contributed by atoms with E-state index in [2.05, 4.69) is 0 Å². The van der Waals surface area contributed by atoms with Crippen molar-refractivity contribution in [1.29, 1.82) is 0 Å². The summed E-state index contributed by atoms with van der Waals surface area (Å²) in [7, 11) is -0.0817. The topological polar surface area (TPSA) is 0 Å². The first-order chi connectivity index (χ1) is 21.0. The number of allylic oxidation sites excluding steroid dienone is 4. The van der Waals surface area contributed by atoms with E-state index in [-0.39, 0.29) is 35.7 Å². The van der Waals surface area contributed by atoms with Crippen molar-refractivity contribution < 1.29 is 52.5 Å². The number of fused-ring (bicyclic) bond motifs is 2. The molecule has 0 N–H and O–H groups in total. The fourth-order valence-corrected chi connectivity index (χ4v) is 10.0. The van der Waals surface area contributed by atoms with Gasteiger partial charge in [0.25, 0.3) is 0 Å². The molecule has 2 aliphatic carbocycles. The molecule has 0 aromatic heterocycles. The molecule has 2 aliphatic rings. The van der Waals surface area contributed by atoms with Crippen molar-refractivity contribution >= 4 is 43.9 Å². The molecule has 0 amide bonds. The first kappa shape index (κ1) is 34.9. The molecule has 2 unspecified atom stereocenters. The van der Waals surface area contributed by atoms with Crippen LogP contribution in [-0.2, 0) is 47.6 Å². The molecule has 2 atom stereocenters. The molecule has 0 bridgehead atoms. The van der Waals surface area contributed by atoms with Crippen LogP contribution in [0.1, 0.15) is 61.1 Å². The molecule has 0 spiro atoms. The van der Waals surface area contributed by atoms with Crippen LogP contribution in [0.5, 0.6) is 0 Å². The van der Waals surface area contributed by atoms with Crippen molar-refractivity contribution in [2.45, 2.75) is 49.0 Å². The van der Waals surface area contributed by atoms with Crippen molar-refractivity contribution in [3.63, 3.8) is 0 Å². The third-order valence-corrected chi connectivity index (χ3v) is 12.7. The van der Waals surface area contributed by atoms with E-state index in [0.717, 1.165) is 79.9 Å². The zero-order valence-electron chi connectivity index (χ0n) is 25.1. The molecule has 4 aromatic rings. The normalized spacial score (nSPS) is 21.0. The van der Waals surface area contributed by atoms with Crippen molar-refractivity contribution in [2.75, 3.05) is 0 Å². The molecular weight excluding hydrogens is 737 g/mol. The molecule has 4 aromatic carbocycles. The van der Waals surface area contributed by atoms with E-state index in [1.54, 1.807) is 0 Å². The van der Waals surface area contributed by atoms with E-state index in [0.29, 0.717) is 11.1 Å². The Bertz CT molecular complexity index is 1770. The van der Waals surface area contributed by atoms with E-state index in [1.165, 1.54) is 24.3 Å². The predicted octanol–water partition coefficient (Wildman–Crippen LogP) is 11.9. The Balaban J connectivity index is 0.00000417. The second kappa shape index (κ2) is 11.9. The summed E-state index contributed by atoms with van der Waals surface area (Å²) in [5.74, 6) is 0. The Kier molecular flexibility index (Phi) is 9.07. The zero-order chi connectivity index (χ0) is 32.7. The minimum absolute atomic E-state index is 0. The fraction of sp³-hybridized carbons (Fsp3) is 0.222. The summed E-state index contributed by atoms with van der Waals surface area (Å²) in [6.45, 7) is 7.87. The first-order valence-corrected chi connectivity index (χ1v) is 15.9. The van der Waals surface area contributed by atoms with Crippen LogP contribution < -0.4 is 0 Å². The van der Waals surface area contributed by atoms with Gasteiger partial charge in [-0.2, -0.15) is 26.3 Å². The minimum atomic E-state index is -4.43. The molecule has 0 heterocycles. The minimum Gasteiger partial charge on any atom is -0.166 e. The smallest absolute Gasteiger partial charge is 0.166 e. The number of hydrogen-bond acceptors (Lipinski definition) is 0. The maximum Gasteiger partial charge on any atom is 0.416 e. The molecular formula is C36H26Cl2F6SiZr. The van der Waals surface area contributed by atoms with Gasteiger partial charge in [-0.3, -0.25) is 0 Å². The fourth-order valence-electron chi connectivity index (χ4n) is 6.50. The molecule has 0 fully saturated rings. The van der Waals surface area contributed by atoms with E-state index in [9.17, 15) is 26.3 Å². The van der Waals surface area contributed by atoms with Gasteiger partial charge in [0.05, 0.1) is 20.1 Å². The van der Waals surface area contributed by atoms with Crippen LogP contribution >= 0.6 is 23.2 Å². The van der Waals surface area contributed by atoms with Crippen molar-refractivity contribution in [3.05, 3.63) is 129 Å². The summed E-state index contributed by atoms with van der Waals surface area (Å²) in [5, 5.41) is 0. The quantitative estimate of drug-likeness (QED) is 0.110. The predicted molar refractivity (Wildman–Crippen MR) is 171 cm³/mol. The molecule has 2 radical (unpaired) electrons. The van der Waals surface area contributed by atoms with Crippen LogP contribution in [0.2, 0.25) is 0 Å². The Hall–Kier alpha value is -2.38. The Morgan fingerprint density at radius 3 is 1.15 bits per heavy atom. The summed E-state index contributed by atoms with van der Waals surface area (Å²) in [6.07, 6.45) is -8.86. The summed E-state index contributed by atoms with van der Waals surface area (Å²) in [4.78, 5) is 0. The molecule has 6 rings (SSSR count). The van der Waals surface area contributed by atoms with E-state index >= 15 is 0 Å². The van der Waals surface area contributed by atoms with Gasteiger partial charge in [0.15, 0.2) is 0 Å². The van der Waals surface area contributed by atoms with Gasteiger partial charge in [-0.1, -0.05) is 60.7 Å². The van der Waals surface area contributed by atoms with Crippen LogP contribution in [0.15, 0.2) is 96.1 Å².